The van der Waals surface area contributed by atoms with Gasteiger partial charge in [-0.2, -0.15) is 0 Å². The average molecular weight is 309 g/mol. The van der Waals surface area contributed by atoms with Crippen LogP contribution in [0.2, 0.25) is 0 Å². The van der Waals surface area contributed by atoms with Gasteiger partial charge in [-0.15, -0.1) is 0 Å². The van der Waals surface area contributed by atoms with Crippen LogP contribution < -0.4 is 0 Å². The highest BCUT2D eigenvalue weighted by Gasteiger charge is 2.51. The third kappa shape index (κ3) is 2.92. The molecule has 0 spiro atoms. The van der Waals surface area contributed by atoms with E-state index in [0.717, 1.165) is 63.6 Å². The zero-order valence-corrected chi connectivity index (χ0v) is 14.1. The molecule has 1 saturated heterocycles. The first-order valence-electron chi connectivity index (χ1n) is 8.99. The van der Waals surface area contributed by atoms with Crippen LogP contribution in [0, 0.1) is 17.3 Å². The van der Waals surface area contributed by atoms with Crippen LogP contribution in [-0.4, -0.2) is 48.3 Å². The summed E-state index contributed by atoms with van der Waals surface area (Å²) in [6.45, 7) is 5.04. The van der Waals surface area contributed by atoms with Gasteiger partial charge in [-0.3, -0.25) is 9.69 Å². The number of ether oxygens (including phenoxy) is 1. The normalized spacial score (nSPS) is 33.2. The number of carboxylic acids is 1. The molecule has 2 aliphatic carbocycles. The van der Waals surface area contributed by atoms with Gasteiger partial charge >= 0.3 is 5.97 Å². The zero-order valence-electron chi connectivity index (χ0n) is 14.1. The first kappa shape index (κ1) is 16.3. The largest absolute Gasteiger partial charge is 0.480 e. The van der Waals surface area contributed by atoms with E-state index in [1.807, 2.05) is 0 Å². The lowest BCUT2D eigenvalue weighted by molar-refractivity contribution is -0.162. The maximum atomic E-state index is 11.7. The van der Waals surface area contributed by atoms with Crippen molar-refractivity contribution in [3.8, 4) is 0 Å². The molecule has 3 aliphatic rings. The summed E-state index contributed by atoms with van der Waals surface area (Å²) in [5, 5.41) is 9.62. The summed E-state index contributed by atoms with van der Waals surface area (Å²) in [7, 11) is 1.80. The van der Waals surface area contributed by atoms with E-state index in [1.165, 1.54) is 19.3 Å². The van der Waals surface area contributed by atoms with Crippen LogP contribution in [0.1, 0.15) is 58.3 Å². The van der Waals surface area contributed by atoms with Gasteiger partial charge in [0.2, 0.25) is 0 Å². The minimum absolute atomic E-state index is 0.289. The second-order valence-electron chi connectivity index (χ2n) is 8.12. The summed E-state index contributed by atoms with van der Waals surface area (Å²) < 4.78 is 5.54. The molecule has 0 aromatic rings. The highest BCUT2D eigenvalue weighted by atomic mass is 16.5. The van der Waals surface area contributed by atoms with E-state index in [2.05, 4.69) is 11.8 Å². The number of rotatable bonds is 7. The SMILES string of the molecule is COCC1(CC[C@@H]2C[C@H]2C)CCN(C2(C(=O)O)CCC2)CC1. The van der Waals surface area contributed by atoms with Crippen LogP contribution in [0.3, 0.4) is 0 Å². The van der Waals surface area contributed by atoms with Crippen molar-refractivity contribution in [3.63, 3.8) is 0 Å². The number of hydrogen-bond donors (Lipinski definition) is 1. The number of likely N-dealkylation sites (tertiary alicyclic amines) is 1. The van der Waals surface area contributed by atoms with Crippen molar-refractivity contribution in [3.05, 3.63) is 0 Å². The van der Waals surface area contributed by atoms with Gasteiger partial charge in [0.05, 0.1) is 6.61 Å². The van der Waals surface area contributed by atoms with Gasteiger partial charge in [-0.1, -0.05) is 6.92 Å². The Balaban J connectivity index is 1.58. The van der Waals surface area contributed by atoms with Gasteiger partial charge in [-0.05, 0) is 81.7 Å². The molecule has 1 aliphatic heterocycles. The quantitative estimate of drug-likeness (QED) is 0.785. The monoisotopic (exact) mass is 309 g/mol. The van der Waals surface area contributed by atoms with Crippen LogP contribution in [-0.2, 0) is 9.53 Å². The predicted molar refractivity (Wildman–Crippen MR) is 85.8 cm³/mol. The summed E-state index contributed by atoms with van der Waals surface area (Å²) >= 11 is 0. The minimum Gasteiger partial charge on any atom is -0.480 e. The first-order valence-corrected chi connectivity index (χ1v) is 8.99. The van der Waals surface area contributed by atoms with E-state index in [-0.39, 0.29) is 5.41 Å². The van der Waals surface area contributed by atoms with Gasteiger partial charge < -0.3 is 9.84 Å². The molecule has 2 atom stereocenters. The second-order valence-corrected chi connectivity index (χ2v) is 8.12. The highest BCUT2D eigenvalue weighted by Crippen LogP contribution is 2.48. The summed E-state index contributed by atoms with van der Waals surface area (Å²) in [5.74, 6) is 1.25. The number of nitrogens with zero attached hydrogens (tertiary/aromatic N) is 1. The highest BCUT2D eigenvalue weighted by molar-refractivity contribution is 5.80. The maximum Gasteiger partial charge on any atom is 0.324 e. The van der Waals surface area contributed by atoms with Gasteiger partial charge in [0.1, 0.15) is 5.54 Å². The molecule has 22 heavy (non-hydrogen) atoms. The maximum absolute atomic E-state index is 11.7. The molecule has 1 N–H and O–H groups in total. The van der Waals surface area contributed by atoms with Gasteiger partial charge in [0.25, 0.3) is 0 Å². The molecule has 0 unspecified atom stereocenters. The Morgan fingerprint density at radius 2 is 1.91 bits per heavy atom. The Hall–Kier alpha value is -0.610. The van der Waals surface area contributed by atoms with E-state index in [1.54, 1.807) is 7.11 Å². The number of methoxy groups -OCH3 is 1. The molecule has 2 saturated carbocycles. The molecule has 4 heteroatoms. The van der Waals surface area contributed by atoms with Crippen molar-refractivity contribution in [2.24, 2.45) is 17.3 Å². The molecule has 4 nitrogen and oxygen atoms in total. The summed E-state index contributed by atoms with van der Waals surface area (Å²) in [6, 6.07) is 0. The van der Waals surface area contributed by atoms with Crippen LogP contribution >= 0.6 is 0 Å². The molecular formula is C18H31NO3. The lowest BCUT2D eigenvalue weighted by atomic mass is 9.70. The molecule has 3 fully saturated rings. The molecule has 0 aromatic carbocycles. The minimum atomic E-state index is -0.607. The topological polar surface area (TPSA) is 49.8 Å². The van der Waals surface area contributed by atoms with Crippen molar-refractivity contribution in [2.75, 3.05) is 26.8 Å². The number of hydrogen-bond acceptors (Lipinski definition) is 3. The summed E-state index contributed by atoms with van der Waals surface area (Å²) in [5.41, 5.74) is -0.249. The van der Waals surface area contributed by atoms with E-state index < -0.39 is 11.5 Å². The molecular weight excluding hydrogens is 278 g/mol. The molecule has 0 aromatic heterocycles. The predicted octanol–water partition coefficient (Wildman–Crippen LogP) is 3.16. The molecule has 126 valence electrons. The van der Waals surface area contributed by atoms with Crippen molar-refractivity contribution in [1.29, 1.82) is 0 Å². The number of aliphatic carboxylic acids is 1. The summed E-state index contributed by atoms with van der Waals surface area (Å²) in [4.78, 5) is 13.9. The Morgan fingerprint density at radius 3 is 2.32 bits per heavy atom. The fraction of sp³-hybridized carbons (Fsp3) is 0.944. The van der Waals surface area contributed by atoms with Crippen molar-refractivity contribution >= 4 is 5.97 Å². The molecule has 0 bridgehead atoms. The fourth-order valence-corrected chi connectivity index (χ4v) is 4.65. The Labute approximate surface area is 134 Å². The lowest BCUT2D eigenvalue weighted by Crippen LogP contribution is -2.62. The summed E-state index contributed by atoms with van der Waals surface area (Å²) in [6.07, 6.45) is 8.90. The standard InChI is InChI=1S/C18H31NO3/c1-14-12-15(14)4-7-17(13-22-2)8-10-19(11-9-17)18(16(20)21)5-3-6-18/h14-15H,3-13H2,1-2H3,(H,20,21)/t14-,15-/m1/s1. The molecule has 0 amide bonds. The number of carboxylic acid groups (broad SMARTS) is 1. The van der Waals surface area contributed by atoms with Crippen LogP contribution in [0.25, 0.3) is 0 Å². The van der Waals surface area contributed by atoms with Crippen molar-refractivity contribution < 1.29 is 14.6 Å². The smallest absolute Gasteiger partial charge is 0.324 e. The Kier molecular flexibility index (Phi) is 4.52. The van der Waals surface area contributed by atoms with Crippen LogP contribution in [0.4, 0.5) is 0 Å². The lowest BCUT2D eigenvalue weighted by Gasteiger charge is -2.52. The third-order valence-electron chi connectivity index (χ3n) is 6.78. The number of carbonyl (C=O) groups is 1. The van der Waals surface area contributed by atoms with Crippen LogP contribution in [0.5, 0.6) is 0 Å². The van der Waals surface area contributed by atoms with Gasteiger partial charge in [0, 0.05) is 7.11 Å². The Bertz CT molecular complexity index is 411. The van der Waals surface area contributed by atoms with E-state index in [0.29, 0.717) is 0 Å². The average Bonchev–Trinajstić information content (AvgIpc) is 3.14. The first-order chi connectivity index (χ1) is 10.5. The number of piperidine rings is 1. The third-order valence-corrected chi connectivity index (χ3v) is 6.78. The molecule has 3 rings (SSSR count). The van der Waals surface area contributed by atoms with E-state index >= 15 is 0 Å². The van der Waals surface area contributed by atoms with Crippen molar-refractivity contribution in [1.82, 2.24) is 4.90 Å². The van der Waals surface area contributed by atoms with Gasteiger partial charge in [0.15, 0.2) is 0 Å². The fourth-order valence-electron chi connectivity index (χ4n) is 4.65. The van der Waals surface area contributed by atoms with E-state index in [4.69, 9.17) is 4.74 Å². The Morgan fingerprint density at radius 1 is 1.27 bits per heavy atom. The van der Waals surface area contributed by atoms with E-state index in [9.17, 15) is 9.90 Å². The molecule has 0 radical (unpaired) electrons. The molecule has 1 heterocycles. The van der Waals surface area contributed by atoms with Crippen LogP contribution in [0.15, 0.2) is 0 Å². The van der Waals surface area contributed by atoms with Crippen molar-refractivity contribution in [2.45, 2.75) is 63.8 Å². The van der Waals surface area contributed by atoms with Gasteiger partial charge in [-0.25, -0.2) is 0 Å². The zero-order chi connectivity index (χ0) is 15.8. The second kappa shape index (κ2) is 6.12.